The molecule has 0 fully saturated rings. The fourth-order valence-corrected chi connectivity index (χ4v) is 0.436. The second-order valence-corrected chi connectivity index (χ2v) is 1.49. The molecule has 0 aliphatic rings. The number of ether oxygens (including phenoxy) is 1. The zero-order valence-electron chi connectivity index (χ0n) is 4.84. The first-order chi connectivity index (χ1) is 3.83. The molecule has 44 valence electrons. The standard InChI is InChI=1S/C5H7NO2/c1-4-3-5(7-2)8-6-4/h3H,1-2H3. The van der Waals surface area contributed by atoms with E-state index >= 15 is 0 Å². The Kier molecular flexibility index (Phi) is 1.20. The summed E-state index contributed by atoms with van der Waals surface area (Å²) in [5.74, 6) is 0.461. The summed E-state index contributed by atoms with van der Waals surface area (Å²) >= 11 is 0. The van der Waals surface area contributed by atoms with Crippen LogP contribution in [0.1, 0.15) is 5.69 Å². The fourth-order valence-electron chi connectivity index (χ4n) is 0.436. The lowest BCUT2D eigenvalue weighted by molar-refractivity contribution is 0.260. The minimum absolute atomic E-state index is 0.461. The highest BCUT2D eigenvalue weighted by Crippen LogP contribution is 2.09. The first kappa shape index (κ1) is 5.15. The topological polar surface area (TPSA) is 35.3 Å². The van der Waals surface area contributed by atoms with Crippen LogP contribution in [0.25, 0.3) is 0 Å². The van der Waals surface area contributed by atoms with Crippen molar-refractivity contribution in [1.82, 2.24) is 5.16 Å². The molecule has 0 bridgehead atoms. The molecular weight excluding hydrogens is 106 g/mol. The third-order valence-corrected chi connectivity index (χ3v) is 0.808. The van der Waals surface area contributed by atoms with E-state index in [-0.39, 0.29) is 0 Å². The highest BCUT2D eigenvalue weighted by atomic mass is 16.6. The van der Waals surface area contributed by atoms with E-state index in [0.29, 0.717) is 5.95 Å². The molecule has 0 aliphatic heterocycles. The molecule has 0 radical (unpaired) electrons. The molecule has 0 saturated heterocycles. The molecule has 0 atom stereocenters. The Morgan fingerprint density at radius 3 is 2.75 bits per heavy atom. The maximum atomic E-state index is 4.71. The first-order valence-electron chi connectivity index (χ1n) is 2.30. The van der Waals surface area contributed by atoms with E-state index in [4.69, 9.17) is 4.74 Å². The Morgan fingerprint density at radius 1 is 1.75 bits per heavy atom. The van der Waals surface area contributed by atoms with Gasteiger partial charge in [-0.25, -0.2) is 0 Å². The average Bonchev–Trinajstić information content (AvgIpc) is 2.14. The van der Waals surface area contributed by atoms with Crippen molar-refractivity contribution < 1.29 is 9.26 Å². The number of rotatable bonds is 1. The number of hydrogen-bond acceptors (Lipinski definition) is 3. The summed E-state index contributed by atoms with van der Waals surface area (Å²) in [4.78, 5) is 0. The van der Waals surface area contributed by atoms with Crippen LogP contribution in [0, 0.1) is 6.92 Å². The van der Waals surface area contributed by atoms with Crippen molar-refractivity contribution in [2.45, 2.75) is 6.92 Å². The van der Waals surface area contributed by atoms with E-state index < -0.39 is 0 Å². The van der Waals surface area contributed by atoms with Crippen molar-refractivity contribution in [1.29, 1.82) is 0 Å². The summed E-state index contributed by atoms with van der Waals surface area (Å²) in [5.41, 5.74) is 0.835. The monoisotopic (exact) mass is 113 g/mol. The number of nitrogens with zero attached hydrogens (tertiary/aromatic N) is 1. The Balaban J connectivity index is 2.84. The van der Waals surface area contributed by atoms with E-state index in [1.807, 2.05) is 6.92 Å². The van der Waals surface area contributed by atoms with Crippen LogP contribution in [0.4, 0.5) is 0 Å². The normalized spacial score (nSPS) is 9.25. The van der Waals surface area contributed by atoms with E-state index in [1.165, 1.54) is 0 Å². The minimum Gasteiger partial charge on any atom is -0.467 e. The van der Waals surface area contributed by atoms with Crippen LogP contribution in [0.15, 0.2) is 10.6 Å². The number of hydrogen-bond donors (Lipinski definition) is 0. The van der Waals surface area contributed by atoms with Crippen molar-refractivity contribution in [3.8, 4) is 5.95 Å². The molecule has 0 aliphatic carbocycles. The molecule has 1 heterocycles. The van der Waals surface area contributed by atoms with Gasteiger partial charge in [0.25, 0.3) is 0 Å². The van der Waals surface area contributed by atoms with Crippen LogP contribution in [0.2, 0.25) is 0 Å². The van der Waals surface area contributed by atoms with Crippen molar-refractivity contribution in [2.75, 3.05) is 7.11 Å². The molecule has 8 heavy (non-hydrogen) atoms. The Morgan fingerprint density at radius 2 is 2.50 bits per heavy atom. The minimum atomic E-state index is 0.461. The molecule has 0 saturated carbocycles. The summed E-state index contributed by atoms with van der Waals surface area (Å²) in [7, 11) is 1.54. The number of aromatic nitrogens is 1. The van der Waals surface area contributed by atoms with E-state index in [2.05, 4.69) is 9.68 Å². The molecule has 0 unspecified atom stereocenters. The van der Waals surface area contributed by atoms with Crippen LogP contribution in [-0.2, 0) is 0 Å². The van der Waals surface area contributed by atoms with Gasteiger partial charge in [-0.3, -0.25) is 0 Å². The van der Waals surface area contributed by atoms with Gasteiger partial charge < -0.3 is 9.26 Å². The SMILES string of the molecule is COc1cc(C)no1. The van der Waals surface area contributed by atoms with Crippen molar-refractivity contribution in [3.05, 3.63) is 11.8 Å². The van der Waals surface area contributed by atoms with Gasteiger partial charge in [0.2, 0.25) is 0 Å². The van der Waals surface area contributed by atoms with Crippen molar-refractivity contribution in [3.63, 3.8) is 0 Å². The zero-order chi connectivity index (χ0) is 5.98. The summed E-state index contributed by atoms with van der Waals surface area (Å²) in [6.07, 6.45) is 0. The van der Waals surface area contributed by atoms with Crippen LogP contribution in [0.5, 0.6) is 5.95 Å². The molecule has 3 nitrogen and oxygen atoms in total. The van der Waals surface area contributed by atoms with E-state index in [1.54, 1.807) is 13.2 Å². The maximum absolute atomic E-state index is 4.71. The van der Waals surface area contributed by atoms with Gasteiger partial charge in [0.05, 0.1) is 12.8 Å². The van der Waals surface area contributed by atoms with Gasteiger partial charge in [-0.2, -0.15) is 0 Å². The predicted octanol–water partition coefficient (Wildman–Crippen LogP) is 0.992. The third-order valence-electron chi connectivity index (χ3n) is 0.808. The molecule has 0 amide bonds. The van der Waals surface area contributed by atoms with Crippen LogP contribution in [0.3, 0.4) is 0 Å². The van der Waals surface area contributed by atoms with Crippen molar-refractivity contribution >= 4 is 0 Å². The summed E-state index contributed by atoms with van der Waals surface area (Å²) in [6, 6.07) is 1.72. The maximum Gasteiger partial charge on any atom is 0.311 e. The highest BCUT2D eigenvalue weighted by Gasteiger charge is 1.94. The molecule has 0 N–H and O–H groups in total. The van der Waals surface area contributed by atoms with Crippen LogP contribution < -0.4 is 4.74 Å². The average molecular weight is 113 g/mol. The van der Waals surface area contributed by atoms with Gasteiger partial charge in [0.1, 0.15) is 0 Å². The fraction of sp³-hybridized carbons (Fsp3) is 0.400. The zero-order valence-corrected chi connectivity index (χ0v) is 4.84. The molecular formula is C5H7NO2. The smallest absolute Gasteiger partial charge is 0.311 e. The second-order valence-electron chi connectivity index (χ2n) is 1.49. The van der Waals surface area contributed by atoms with Gasteiger partial charge in [-0.05, 0) is 6.92 Å². The second kappa shape index (κ2) is 1.86. The predicted molar refractivity (Wildman–Crippen MR) is 27.8 cm³/mol. The Hall–Kier alpha value is -0.990. The number of methoxy groups -OCH3 is 1. The summed E-state index contributed by atoms with van der Waals surface area (Å²) in [5, 5.41) is 3.59. The Bertz CT molecular complexity index is 171. The molecule has 1 rings (SSSR count). The van der Waals surface area contributed by atoms with Gasteiger partial charge in [0.15, 0.2) is 0 Å². The largest absolute Gasteiger partial charge is 0.467 e. The van der Waals surface area contributed by atoms with E-state index in [9.17, 15) is 0 Å². The quantitative estimate of drug-likeness (QED) is 0.544. The van der Waals surface area contributed by atoms with Crippen LogP contribution in [-0.4, -0.2) is 12.3 Å². The Labute approximate surface area is 47.2 Å². The van der Waals surface area contributed by atoms with Gasteiger partial charge >= 0.3 is 5.95 Å². The molecule has 1 aromatic heterocycles. The highest BCUT2D eigenvalue weighted by molar-refractivity contribution is 5.07. The molecule has 1 aromatic rings. The summed E-state index contributed by atoms with van der Waals surface area (Å²) in [6.45, 7) is 1.84. The lowest BCUT2D eigenvalue weighted by Crippen LogP contribution is -1.75. The van der Waals surface area contributed by atoms with Gasteiger partial charge in [-0.1, -0.05) is 5.16 Å². The molecule has 3 heteroatoms. The third kappa shape index (κ3) is 0.804. The number of aryl methyl sites for hydroxylation is 1. The van der Waals surface area contributed by atoms with E-state index in [0.717, 1.165) is 5.69 Å². The first-order valence-corrected chi connectivity index (χ1v) is 2.30. The lowest BCUT2D eigenvalue weighted by Gasteiger charge is -1.83. The molecule has 0 spiro atoms. The summed E-state index contributed by atoms with van der Waals surface area (Å²) < 4.78 is 9.35. The van der Waals surface area contributed by atoms with Crippen molar-refractivity contribution in [2.24, 2.45) is 0 Å². The van der Waals surface area contributed by atoms with Gasteiger partial charge in [0, 0.05) is 6.07 Å². The lowest BCUT2D eigenvalue weighted by atomic mass is 10.5. The van der Waals surface area contributed by atoms with Gasteiger partial charge in [-0.15, -0.1) is 0 Å². The molecule has 0 aromatic carbocycles. The van der Waals surface area contributed by atoms with Crippen LogP contribution >= 0.6 is 0 Å².